The highest BCUT2D eigenvalue weighted by Gasteiger charge is 2.30. The van der Waals surface area contributed by atoms with E-state index in [1.807, 2.05) is 24.3 Å². The highest BCUT2D eigenvalue weighted by atomic mass is 16.6. The number of fused-ring (bicyclic) bond motifs is 3. The van der Waals surface area contributed by atoms with Crippen LogP contribution in [-0.2, 0) is 9.53 Å². The lowest BCUT2D eigenvalue weighted by atomic mass is 9.98. The minimum absolute atomic E-state index is 0.0195. The molecule has 2 aliphatic rings. The third kappa shape index (κ3) is 2.97. The van der Waals surface area contributed by atoms with Crippen LogP contribution in [0.1, 0.15) is 23.5 Å². The van der Waals surface area contributed by atoms with Crippen molar-refractivity contribution in [3.05, 3.63) is 59.7 Å². The van der Waals surface area contributed by atoms with Gasteiger partial charge in [-0.05, 0) is 22.3 Å². The van der Waals surface area contributed by atoms with Gasteiger partial charge < -0.3 is 15.0 Å². The van der Waals surface area contributed by atoms with E-state index in [1.54, 1.807) is 4.90 Å². The average Bonchev–Trinajstić information content (AvgIpc) is 2.79. The maximum atomic E-state index is 12.4. The van der Waals surface area contributed by atoms with Crippen LogP contribution in [0.25, 0.3) is 11.1 Å². The van der Waals surface area contributed by atoms with Crippen molar-refractivity contribution < 1.29 is 14.3 Å². The second-order valence-electron chi connectivity index (χ2n) is 6.39. The van der Waals surface area contributed by atoms with Crippen molar-refractivity contribution in [2.24, 2.45) is 0 Å². The number of ether oxygens (including phenoxy) is 1. The second-order valence-corrected chi connectivity index (χ2v) is 6.39. The molecule has 0 saturated carbocycles. The van der Waals surface area contributed by atoms with E-state index in [-0.39, 0.29) is 17.9 Å². The van der Waals surface area contributed by atoms with Crippen LogP contribution in [0.4, 0.5) is 4.79 Å². The monoisotopic (exact) mass is 336 g/mol. The molecule has 128 valence electrons. The molecule has 0 unspecified atom stereocenters. The zero-order valence-corrected chi connectivity index (χ0v) is 13.9. The molecule has 2 aromatic rings. The Hall–Kier alpha value is -2.82. The normalized spacial score (nSPS) is 16.6. The molecule has 2 aromatic carbocycles. The van der Waals surface area contributed by atoms with E-state index in [0.717, 1.165) is 0 Å². The summed E-state index contributed by atoms with van der Waals surface area (Å²) >= 11 is 0. The Morgan fingerprint density at radius 3 is 2.36 bits per heavy atom. The van der Waals surface area contributed by atoms with Gasteiger partial charge in [0.1, 0.15) is 6.61 Å². The molecule has 5 nitrogen and oxygen atoms in total. The van der Waals surface area contributed by atoms with Crippen molar-refractivity contribution in [2.45, 2.75) is 12.3 Å². The zero-order valence-electron chi connectivity index (χ0n) is 13.9. The Balaban J connectivity index is 1.49. The van der Waals surface area contributed by atoms with Crippen molar-refractivity contribution in [2.75, 3.05) is 26.2 Å². The lowest BCUT2D eigenvalue weighted by molar-refractivity contribution is -0.120. The van der Waals surface area contributed by atoms with Crippen molar-refractivity contribution in [3.8, 4) is 11.1 Å². The fourth-order valence-corrected chi connectivity index (χ4v) is 3.63. The Morgan fingerprint density at radius 2 is 1.68 bits per heavy atom. The number of benzene rings is 2. The van der Waals surface area contributed by atoms with Crippen molar-refractivity contribution in [1.29, 1.82) is 0 Å². The molecular formula is C20H20N2O3. The first kappa shape index (κ1) is 15.7. The fraction of sp³-hybridized carbons (Fsp3) is 0.300. The molecule has 2 amide bonds. The molecule has 1 aliphatic heterocycles. The summed E-state index contributed by atoms with van der Waals surface area (Å²) in [4.78, 5) is 25.4. The number of hydrogen-bond donors (Lipinski definition) is 1. The van der Waals surface area contributed by atoms with E-state index in [9.17, 15) is 9.59 Å². The zero-order chi connectivity index (χ0) is 17.2. The van der Waals surface area contributed by atoms with E-state index in [2.05, 4.69) is 29.6 Å². The molecule has 4 rings (SSSR count). The lowest BCUT2D eigenvalue weighted by Gasteiger charge is -2.21. The van der Waals surface area contributed by atoms with Gasteiger partial charge in [0.05, 0.1) is 0 Å². The topological polar surface area (TPSA) is 58.6 Å². The molecule has 0 radical (unpaired) electrons. The molecule has 25 heavy (non-hydrogen) atoms. The van der Waals surface area contributed by atoms with Gasteiger partial charge in [-0.25, -0.2) is 4.79 Å². The van der Waals surface area contributed by atoms with Crippen molar-refractivity contribution in [3.63, 3.8) is 0 Å². The minimum atomic E-state index is -0.349. The number of rotatable bonds is 2. The molecule has 0 spiro atoms. The summed E-state index contributed by atoms with van der Waals surface area (Å²) in [6.07, 6.45) is -0.0251. The standard InChI is InChI=1S/C20H20N2O3/c23-19-9-11-22(12-10-21-19)20(24)25-13-18-16-7-3-1-5-14(16)15-6-2-4-8-17(15)18/h1-8,18H,9-13H2,(H,21,23). The van der Waals surface area contributed by atoms with Crippen LogP contribution in [0.15, 0.2) is 48.5 Å². The SMILES string of the molecule is O=C1CCN(C(=O)OCC2c3ccccc3-c3ccccc32)CCN1. The van der Waals surface area contributed by atoms with Crippen LogP contribution in [0.3, 0.4) is 0 Å². The predicted molar refractivity (Wildman–Crippen MR) is 94.3 cm³/mol. The maximum Gasteiger partial charge on any atom is 0.409 e. The van der Waals surface area contributed by atoms with E-state index in [0.29, 0.717) is 32.7 Å². The lowest BCUT2D eigenvalue weighted by Crippen LogP contribution is -2.35. The summed E-state index contributed by atoms with van der Waals surface area (Å²) in [5.41, 5.74) is 4.82. The Bertz CT molecular complexity index is 773. The largest absolute Gasteiger partial charge is 0.448 e. The molecule has 0 atom stereocenters. The number of carbonyl (C=O) groups excluding carboxylic acids is 2. The van der Waals surface area contributed by atoms with Crippen molar-refractivity contribution >= 4 is 12.0 Å². The van der Waals surface area contributed by atoms with Crippen LogP contribution in [-0.4, -0.2) is 43.1 Å². The first-order valence-electron chi connectivity index (χ1n) is 8.60. The van der Waals surface area contributed by atoms with E-state index >= 15 is 0 Å². The summed E-state index contributed by atoms with van der Waals surface area (Å²) in [6.45, 7) is 1.68. The number of hydrogen-bond acceptors (Lipinski definition) is 3. The average molecular weight is 336 g/mol. The molecule has 0 aromatic heterocycles. The molecule has 1 aliphatic carbocycles. The van der Waals surface area contributed by atoms with Crippen LogP contribution in [0.5, 0.6) is 0 Å². The van der Waals surface area contributed by atoms with Gasteiger partial charge >= 0.3 is 6.09 Å². The van der Waals surface area contributed by atoms with Crippen LogP contribution in [0, 0.1) is 0 Å². The maximum absolute atomic E-state index is 12.4. The van der Waals surface area contributed by atoms with Gasteiger partial charge in [-0.1, -0.05) is 48.5 Å². The fourth-order valence-electron chi connectivity index (χ4n) is 3.63. The molecule has 1 heterocycles. The summed E-state index contributed by atoms with van der Waals surface area (Å²) in [6, 6.07) is 16.5. The van der Waals surface area contributed by atoms with E-state index in [4.69, 9.17) is 4.74 Å². The summed E-state index contributed by atoms with van der Waals surface area (Å²) in [7, 11) is 0. The molecule has 1 fully saturated rings. The molecule has 1 N–H and O–H groups in total. The molecular weight excluding hydrogens is 316 g/mol. The van der Waals surface area contributed by atoms with Gasteiger partial charge in [-0.3, -0.25) is 4.79 Å². The van der Waals surface area contributed by atoms with Crippen molar-refractivity contribution in [1.82, 2.24) is 10.2 Å². The molecule has 5 heteroatoms. The number of nitrogens with one attached hydrogen (secondary N) is 1. The summed E-state index contributed by atoms with van der Waals surface area (Å²) < 4.78 is 5.62. The number of amides is 2. The third-order valence-electron chi connectivity index (χ3n) is 4.91. The first-order valence-corrected chi connectivity index (χ1v) is 8.60. The smallest absolute Gasteiger partial charge is 0.409 e. The highest BCUT2D eigenvalue weighted by molar-refractivity contribution is 5.79. The van der Waals surface area contributed by atoms with Gasteiger partial charge in [0.2, 0.25) is 5.91 Å². The Labute approximate surface area is 146 Å². The number of nitrogens with zero attached hydrogens (tertiary/aromatic N) is 1. The van der Waals surface area contributed by atoms with Gasteiger partial charge in [-0.15, -0.1) is 0 Å². The molecule has 0 bridgehead atoms. The van der Waals surface area contributed by atoms with Crippen LogP contribution < -0.4 is 5.32 Å². The first-order chi connectivity index (χ1) is 12.2. The molecule has 1 saturated heterocycles. The van der Waals surface area contributed by atoms with Gasteiger partial charge in [-0.2, -0.15) is 0 Å². The van der Waals surface area contributed by atoms with Crippen LogP contribution in [0.2, 0.25) is 0 Å². The third-order valence-corrected chi connectivity index (χ3v) is 4.91. The van der Waals surface area contributed by atoms with Gasteiger partial charge in [0, 0.05) is 32.0 Å². The highest BCUT2D eigenvalue weighted by Crippen LogP contribution is 2.44. The Morgan fingerprint density at radius 1 is 1.04 bits per heavy atom. The summed E-state index contributed by atoms with van der Waals surface area (Å²) in [5, 5.41) is 2.76. The minimum Gasteiger partial charge on any atom is -0.448 e. The van der Waals surface area contributed by atoms with Gasteiger partial charge in [0.15, 0.2) is 0 Å². The van der Waals surface area contributed by atoms with E-state index < -0.39 is 0 Å². The quantitative estimate of drug-likeness (QED) is 0.917. The Kier molecular flexibility index (Phi) is 4.14. The second kappa shape index (κ2) is 6.59. The number of carbonyl (C=O) groups is 2. The van der Waals surface area contributed by atoms with Crippen LogP contribution >= 0.6 is 0 Å². The summed E-state index contributed by atoms with van der Waals surface area (Å²) in [5.74, 6) is 0.0389. The van der Waals surface area contributed by atoms with Gasteiger partial charge in [0.25, 0.3) is 0 Å². The van der Waals surface area contributed by atoms with E-state index in [1.165, 1.54) is 22.3 Å². The predicted octanol–water partition coefficient (Wildman–Crippen LogP) is 2.76.